The maximum Gasteiger partial charge on any atom is 0.227 e. The molecule has 38 heavy (non-hydrogen) atoms. The zero-order chi connectivity index (χ0) is 25.6. The first-order chi connectivity index (χ1) is 18.6. The smallest absolute Gasteiger partial charge is 0.227 e. The number of amides is 1. The molecule has 0 aliphatic heterocycles. The van der Waals surface area contributed by atoms with Crippen molar-refractivity contribution in [1.82, 2.24) is 30.1 Å². The molecule has 1 aliphatic carbocycles. The minimum absolute atomic E-state index is 0.0763. The van der Waals surface area contributed by atoms with Crippen LogP contribution in [0.2, 0.25) is 0 Å². The Morgan fingerprint density at radius 3 is 2.71 bits per heavy atom. The predicted molar refractivity (Wildman–Crippen MR) is 151 cm³/mol. The number of nitrogens with one attached hydrogen (secondary N) is 3. The molecule has 0 aromatic carbocycles. The highest BCUT2D eigenvalue weighted by Gasteiger charge is 2.23. The van der Waals surface area contributed by atoms with Crippen molar-refractivity contribution < 1.29 is 4.79 Å². The van der Waals surface area contributed by atoms with Crippen LogP contribution in [-0.4, -0.2) is 36.0 Å². The number of aromatic nitrogens is 6. The van der Waals surface area contributed by atoms with Gasteiger partial charge in [-0.15, -0.1) is 11.3 Å². The fraction of sp³-hybridized carbons (Fsp3) is 0.207. The van der Waals surface area contributed by atoms with E-state index >= 15 is 0 Å². The lowest BCUT2D eigenvalue weighted by atomic mass is 10.1. The van der Waals surface area contributed by atoms with Gasteiger partial charge in [0.15, 0.2) is 0 Å². The number of pyridine rings is 3. The average Bonchev–Trinajstić information content (AvgIpc) is 3.74. The second-order valence-corrected chi connectivity index (χ2v) is 11.1. The summed E-state index contributed by atoms with van der Waals surface area (Å²) in [6, 6.07) is 12.2. The molecule has 1 aliphatic rings. The maximum absolute atomic E-state index is 12.6. The van der Waals surface area contributed by atoms with Crippen LogP contribution in [0, 0.1) is 12.8 Å². The molecule has 1 amide bonds. The highest BCUT2D eigenvalue weighted by atomic mass is 32.1. The van der Waals surface area contributed by atoms with Crippen LogP contribution in [-0.2, 0) is 4.79 Å². The lowest BCUT2D eigenvalue weighted by Gasteiger charge is -2.11. The third-order valence-electron chi connectivity index (χ3n) is 7.24. The fourth-order valence-electron chi connectivity index (χ4n) is 5.28. The molecule has 0 spiro atoms. The van der Waals surface area contributed by atoms with Crippen molar-refractivity contribution in [2.75, 3.05) is 5.32 Å². The molecule has 1 saturated carbocycles. The van der Waals surface area contributed by atoms with Gasteiger partial charge in [0.2, 0.25) is 5.91 Å². The van der Waals surface area contributed by atoms with Crippen molar-refractivity contribution in [2.45, 2.75) is 32.6 Å². The van der Waals surface area contributed by atoms with E-state index in [1.165, 1.54) is 9.75 Å². The molecule has 6 heterocycles. The topological polar surface area (TPSA) is 112 Å². The first kappa shape index (κ1) is 22.8. The van der Waals surface area contributed by atoms with Crippen molar-refractivity contribution in [3.05, 3.63) is 66.1 Å². The van der Waals surface area contributed by atoms with Gasteiger partial charge in [-0.2, -0.15) is 5.10 Å². The summed E-state index contributed by atoms with van der Waals surface area (Å²) >= 11 is 1.76. The van der Waals surface area contributed by atoms with Gasteiger partial charge in [-0.3, -0.25) is 19.9 Å². The number of aryl methyl sites for hydroxylation is 1. The molecule has 188 valence electrons. The third-order valence-corrected chi connectivity index (χ3v) is 8.28. The van der Waals surface area contributed by atoms with E-state index in [2.05, 4.69) is 55.6 Å². The van der Waals surface area contributed by atoms with Gasteiger partial charge in [0.25, 0.3) is 0 Å². The number of hydrogen-bond acceptors (Lipinski definition) is 6. The highest BCUT2D eigenvalue weighted by molar-refractivity contribution is 7.15. The van der Waals surface area contributed by atoms with Gasteiger partial charge >= 0.3 is 0 Å². The summed E-state index contributed by atoms with van der Waals surface area (Å²) in [6.45, 7) is 2.11. The molecule has 0 bridgehead atoms. The Balaban J connectivity index is 1.24. The summed E-state index contributed by atoms with van der Waals surface area (Å²) in [6.07, 6.45) is 11.4. The number of hydrogen-bond donors (Lipinski definition) is 3. The lowest BCUT2D eigenvalue weighted by molar-refractivity contribution is -0.119. The SMILES string of the molecule is Cc1ccc(-c2cncc3[nH]c(-c4n[nH]c5ccc(-c6cncc(NC(=O)C7CCCC7)c6)nc45)cc23)s1. The monoisotopic (exact) mass is 519 g/mol. The number of carbonyl (C=O) groups excluding carboxylic acids is 1. The van der Waals surface area contributed by atoms with E-state index in [1.807, 2.05) is 30.6 Å². The molecule has 3 N–H and O–H groups in total. The van der Waals surface area contributed by atoms with Gasteiger partial charge < -0.3 is 10.3 Å². The summed E-state index contributed by atoms with van der Waals surface area (Å²) in [5.74, 6) is 0.171. The molecule has 0 radical (unpaired) electrons. The Hall–Kier alpha value is -4.37. The lowest BCUT2D eigenvalue weighted by Crippen LogP contribution is -2.20. The minimum Gasteiger partial charge on any atom is -0.352 e. The molecule has 6 aromatic heterocycles. The summed E-state index contributed by atoms with van der Waals surface area (Å²) < 4.78 is 0. The number of thiophene rings is 1. The Morgan fingerprint density at radius 2 is 1.87 bits per heavy atom. The van der Waals surface area contributed by atoms with Crippen molar-refractivity contribution >= 4 is 44.9 Å². The molecule has 1 fully saturated rings. The molecule has 0 atom stereocenters. The van der Waals surface area contributed by atoms with E-state index in [0.29, 0.717) is 5.69 Å². The van der Waals surface area contributed by atoms with Crippen molar-refractivity contribution in [3.63, 3.8) is 0 Å². The molecular formula is C29H25N7OS. The number of rotatable bonds is 5. The van der Waals surface area contributed by atoms with Gasteiger partial charge in [0.1, 0.15) is 11.2 Å². The van der Waals surface area contributed by atoms with Crippen LogP contribution in [0.1, 0.15) is 30.6 Å². The van der Waals surface area contributed by atoms with Crippen molar-refractivity contribution in [3.8, 4) is 33.1 Å². The standard InChI is InChI=1S/C29H25N7OS/c1-16-6-9-26(38-16)21-14-31-15-25-20(21)11-24(33-25)28-27-23(35-36-28)8-7-22(34-27)18-10-19(13-30-12-18)32-29(37)17-4-2-3-5-17/h6-15,17,33H,2-5H2,1H3,(H,32,37)(H,35,36). The van der Waals surface area contributed by atoms with Gasteiger partial charge in [0.05, 0.1) is 40.5 Å². The average molecular weight is 520 g/mol. The Kier molecular flexibility index (Phi) is 5.51. The first-order valence-corrected chi connectivity index (χ1v) is 13.6. The van der Waals surface area contributed by atoms with E-state index < -0.39 is 0 Å². The van der Waals surface area contributed by atoms with E-state index in [-0.39, 0.29) is 11.8 Å². The largest absolute Gasteiger partial charge is 0.352 e. The molecule has 6 aromatic rings. The van der Waals surface area contributed by atoms with Crippen LogP contribution in [0.15, 0.2) is 61.2 Å². The maximum atomic E-state index is 12.6. The number of anilines is 1. The van der Waals surface area contributed by atoms with Crippen LogP contribution in [0.3, 0.4) is 0 Å². The Labute approximate surface area is 222 Å². The second kappa shape index (κ2) is 9.18. The van der Waals surface area contributed by atoms with Crippen LogP contribution in [0.4, 0.5) is 5.69 Å². The van der Waals surface area contributed by atoms with E-state index in [0.717, 1.165) is 75.8 Å². The number of fused-ring (bicyclic) bond motifs is 2. The number of H-pyrrole nitrogens is 2. The van der Waals surface area contributed by atoms with E-state index in [9.17, 15) is 4.79 Å². The zero-order valence-corrected chi connectivity index (χ0v) is 21.6. The molecular weight excluding hydrogens is 494 g/mol. The normalized spacial score (nSPS) is 14.0. The molecule has 9 heteroatoms. The second-order valence-electron chi connectivity index (χ2n) is 9.84. The van der Waals surface area contributed by atoms with Gasteiger partial charge in [-0.1, -0.05) is 12.8 Å². The van der Waals surface area contributed by atoms with Gasteiger partial charge in [0, 0.05) is 44.6 Å². The fourth-order valence-corrected chi connectivity index (χ4v) is 6.17. The molecule has 0 saturated heterocycles. The minimum atomic E-state index is 0.0763. The molecule has 7 rings (SSSR count). The Morgan fingerprint density at radius 1 is 1.00 bits per heavy atom. The number of nitrogens with zero attached hydrogens (tertiary/aromatic N) is 4. The summed E-state index contributed by atoms with van der Waals surface area (Å²) in [7, 11) is 0. The van der Waals surface area contributed by atoms with Crippen LogP contribution in [0.5, 0.6) is 0 Å². The summed E-state index contributed by atoms with van der Waals surface area (Å²) in [5, 5.41) is 11.8. The van der Waals surface area contributed by atoms with Gasteiger partial charge in [-0.05, 0) is 56.2 Å². The van der Waals surface area contributed by atoms with Crippen molar-refractivity contribution in [2.24, 2.45) is 5.92 Å². The molecule has 0 unspecified atom stereocenters. The quantitative estimate of drug-likeness (QED) is 0.234. The van der Waals surface area contributed by atoms with E-state index in [4.69, 9.17) is 4.98 Å². The number of carbonyl (C=O) groups is 1. The zero-order valence-electron chi connectivity index (χ0n) is 20.8. The third kappa shape index (κ3) is 4.05. The van der Waals surface area contributed by atoms with Crippen LogP contribution in [0.25, 0.3) is 55.0 Å². The van der Waals surface area contributed by atoms with Crippen LogP contribution >= 0.6 is 11.3 Å². The number of aromatic amines is 2. The Bertz CT molecular complexity index is 1810. The van der Waals surface area contributed by atoms with Crippen molar-refractivity contribution in [1.29, 1.82) is 0 Å². The summed E-state index contributed by atoms with van der Waals surface area (Å²) in [5.41, 5.74) is 7.54. The first-order valence-electron chi connectivity index (χ1n) is 12.8. The van der Waals surface area contributed by atoms with Gasteiger partial charge in [-0.25, -0.2) is 4.98 Å². The predicted octanol–water partition coefficient (Wildman–Crippen LogP) is 6.73. The molecule has 8 nitrogen and oxygen atoms in total. The highest BCUT2D eigenvalue weighted by Crippen LogP contribution is 2.36. The summed E-state index contributed by atoms with van der Waals surface area (Å²) in [4.78, 5) is 32.3. The van der Waals surface area contributed by atoms with Crippen LogP contribution < -0.4 is 5.32 Å². The van der Waals surface area contributed by atoms with E-state index in [1.54, 1.807) is 23.7 Å².